The molecule has 4 rings (SSSR count). The highest BCUT2D eigenvalue weighted by molar-refractivity contribution is 8.00. The Labute approximate surface area is 174 Å². The molecule has 0 spiro atoms. The summed E-state index contributed by atoms with van der Waals surface area (Å²) in [5.41, 5.74) is 1.85. The number of amides is 1. The molecule has 29 heavy (non-hydrogen) atoms. The number of thiophene rings is 1. The summed E-state index contributed by atoms with van der Waals surface area (Å²) in [6.45, 7) is -0.604. The minimum absolute atomic E-state index is 0.0484. The fraction of sp³-hybridized carbons (Fsp3) is 0.350. The number of rotatable bonds is 6. The Kier molecular flexibility index (Phi) is 5.96. The zero-order valence-corrected chi connectivity index (χ0v) is 17.3. The molecule has 1 amide bonds. The quantitative estimate of drug-likeness (QED) is 0.429. The molecule has 0 aliphatic heterocycles. The van der Waals surface area contributed by atoms with Crippen LogP contribution < -0.4 is 10.1 Å². The van der Waals surface area contributed by atoms with Crippen molar-refractivity contribution < 1.29 is 18.3 Å². The highest BCUT2D eigenvalue weighted by Crippen LogP contribution is 2.40. The van der Waals surface area contributed by atoms with Crippen molar-refractivity contribution in [1.82, 2.24) is 9.97 Å². The first-order valence-corrected chi connectivity index (χ1v) is 11.0. The third-order valence-corrected chi connectivity index (χ3v) is 6.91. The summed E-state index contributed by atoms with van der Waals surface area (Å²) in [6.07, 6.45) is 4.81. The van der Waals surface area contributed by atoms with Crippen LogP contribution in [0, 0.1) is 5.92 Å². The Bertz CT molecular complexity index is 1020. The largest absolute Gasteiger partial charge is 0.435 e. The van der Waals surface area contributed by atoms with Gasteiger partial charge in [-0.05, 0) is 55.0 Å². The van der Waals surface area contributed by atoms with E-state index < -0.39 is 6.61 Å². The molecule has 1 aliphatic carbocycles. The van der Waals surface area contributed by atoms with Gasteiger partial charge in [0.25, 0.3) is 0 Å². The smallest absolute Gasteiger partial charge is 0.387 e. The minimum atomic E-state index is -2.87. The number of carbonyl (C=O) groups excluding carboxylic acids is 1. The molecule has 9 heteroatoms. The van der Waals surface area contributed by atoms with E-state index in [1.807, 2.05) is 0 Å². The Morgan fingerprint density at radius 2 is 2.14 bits per heavy atom. The molecule has 1 atom stereocenters. The van der Waals surface area contributed by atoms with Crippen LogP contribution in [0.1, 0.15) is 23.8 Å². The second kappa shape index (κ2) is 8.62. The maximum absolute atomic E-state index is 12.3. The fourth-order valence-electron chi connectivity index (χ4n) is 3.41. The van der Waals surface area contributed by atoms with Crippen LogP contribution in [0.25, 0.3) is 10.2 Å². The van der Waals surface area contributed by atoms with Gasteiger partial charge >= 0.3 is 6.61 Å². The van der Waals surface area contributed by atoms with Crippen molar-refractivity contribution in [2.45, 2.75) is 37.8 Å². The molecule has 0 unspecified atom stereocenters. The summed E-state index contributed by atoms with van der Waals surface area (Å²) >= 11 is 3.12. The first kappa shape index (κ1) is 20.0. The molecular formula is C20H19F2N3O2S2. The normalized spacial score (nSPS) is 16.1. The van der Waals surface area contributed by atoms with Crippen LogP contribution in [-0.2, 0) is 17.6 Å². The van der Waals surface area contributed by atoms with E-state index in [4.69, 9.17) is 0 Å². The number of hydrogen-bond donors (Lipinski definition) is 1. The number of benzene rings is 1. The summed E-state index contributed by atoms with van der Waals surface area (Å²) < 4.78 is 28.7. The Balaban J connectivity index is 1.42. The number of fused-ring (bicyclic) bond motifs is 3. The molecule has 1 N–H and O–H groups in total. The minimum Gasteiger partial charge on any atom is -0.435 e. The molecule has 0 bridgehead atoms. The lowest BCUT2D eigenvalue weighted by atomic mass is 9.89. The Morgan fingerprint density at radius 3 is 2.90 bits per heavy atom. The maximum atomic E-state index is 12.3. The lowest BCUT2D eigenvalue weighted by molar-refractivity contribution is -0.113. The summed E-state index contributed by atoms with van der Waals surface area (Å²) in [7, 11) is 0. The van der Waals surface area contributed by atoms with Gasteiger partial charge in [0.1, 0.15) is 21.9 Å². The van der Waals surface area contributed by atoms with E-state index in [0.29, 0.717) is 11.6 Å². The number of aryl methyl sites for hydroxylation is 1. The SMILES string of the molecule is C[C@H]1CCc2c(sc3ncnc(SCC(=O)Nc4ccc(OC(F)F)cc4)c23)C1. The predicted molar refractivity (Wildman–Crippen MR) is 111 cm³/mol. The average Bonchev–Trinajstić information content (AvgIpc) is 3.05. The number of anilines is 1. The molecular weight excluding hydrogens is 416 g/mol. The van der Waals surface area contributed by atoms with Gasteiger partial charge in [0, 0.05) is 16.0 Å². The predicted octanol–water partition coefficient (Wildman–Crippen LogP) is 5.15. The van der Waals surface area contributed by atoms with Crippen molar-refractivity contribution in [3.8, 4) is 5.75 Å². The molecule has 0 fully saturated rings. The monoisotopic (exact) mass is 435 g/mol. The number of ether oxygens (including phenoxy) is 1. The number of hydrogen-bond acceptors (Lipinski definition) is 6. The van der Waals surface area contributed by atoms with E-state index in [1.54, 1.807) is 17.7 Å². The van der Waals surface area contributed by atoms with Crippen molar-refractivity contribution >= 4 is 44.9 Å². The van der Waals surface area contributed by atoms with Gasteiger partial charge in [-0.3, -0.25) is 4.79 Å². The van der Waals surface area contributed by atoms with E-state index in [2.05, 4.69) is 26.9 Å². The average molecular weight is 436 g/mol. The summed E-state index contributed by atoms with van der Waals surface area (Å²) in [5.74, 6) is 0.736. The van der Waals surface area contributed by atoms with Crippen molar-refractivity contribution in [2.24, 2.45) is 5.92 Å². The maximum Gasteiger partial charge on any atom is 0.387 e. The van der Waals surface area contributed by atoms with Gasteiger partial charge in [0.2, 0.25) is 5.91 Å². The molecule has 5 nitrogen and oxygen atoms in total. The molecule has 2 heterocycles. The second-order valence-corrected chi connectivity index (χ2v) is 9.00. The van der Waals surface area contributed by atoms with E-state index in [9.17, 15) is 13.6 Å². The number of alkyl halides is 2. The van der Waals surface area contributed by atoms with Crippen LogP contribution in [0.15, 0.2) is 35.6 Å². The molecule has 1 aliphatic rings. The molecule has 2 aromatic heterocycles. The Hall–Kier alpha value is -2.26. The topological polar surface area (TPSA) is 64.1 Å². The number of nitrogens with zero attached hydrogens (tertiary/aromatic N) is 2. The van der Waals surface area contributed by atoms with E-state index in [-0.39, 0.29) is 17.4 Å². The third-order valence-electron chi connectivity index (χ3n) is 4.76. The van der Waals surface area contributed by atoms with Gasteiger partial charge in [0.15, 0.2) is 0 Å². The number of thioether (sulfide) groups is 1. The third kappa shape index (κ3) is 4.67. The standard InChI is InChI=1S/C20H19F2N3O2S2/c1-11-2-7-14-15(8-11)29-19-17(14)18(23-10-24-19)28-9-16(26)25-12-3-5-13(6-4-12)27-20(21)22/h3-6,10-11,20H,2,7-9H2,1H3,(H,25,26)/t11-/m0/s1. The van der Waals surface area contributed by atoms with Gasteiger partial charge in [-0.2, -0.15) is 8.78 Å². The van der Waals surface area contributed by atoms with Crippen LogP contribution in [0.3, 0.4) is 0 Å². The van der Waals surface area contributed by atoms with Crippen molar-refractivity contribution in [1.29, 1.82) is 0 Å². The van der Waals surface area contributed by atoms with Crippen LogP contribution in [-0.4, -0.2) is 28.2 Å². The molecule has 0 saturated carbocycles. The van der Waals surface area contributed by atoms with Gasteiger partial charge in [-0.25, -0.2) is 9.97 Å². The van der Waals surface area contributed by atoms with Crippen LogP contribution in [0.5, 0.6) is 5.75 Å². The van der Waals surface area contributed by atoms with Crippen LogP contribution in [0.4, 0.5) is 14.5 Å². The van der Waals surface area contributed by atoms with Gasteiger partial charge in [-0.15, -0.1) is 11.3 Å². The van der Waals surface area contributed by atoms with Gasteiger partial charge in [0.05, 0.1) is 5.75 Å². The summed E-state index contributed by atoms with van der Waals surface area (Å²) in [6, 6.07) is 5.84. The van der Waals surface area contributed by atoms with Crippen LogP contribution >= 0.6 is 23.1 Å². The first-order valence-electron chi connectivity index (χ1n) is 9.22. The van der Waals surface area contributed by atoms with E-state index in [0.717, 1.165) is 34.5 Å². The zero-order chi connectivity index (χ0) is 20.4. The molecule has 0 saturated heterocycles. The zero-order valence-electron chi connectivity index (χ0n) is 15.7. The van der Waals surface area contributed by atoms with Gasteiger partial charge in [-0.1, -0.05) is 18.7 Å². The second-order valence-electron chi connectivity index (χ2n) is 6.95. The molecule has 152 valence electrons. The highest BCUT2D eigenvalue weighted by atomic mass is 32.2. The molecule has 1 aromatic carbocycles. The van der Waals surface area contributed by atoms with E-state index in [1.165, 1.54) is 46.5 Å². The fourth-order valence-corrected chi connectivity index (χ4v) is 5.65. The van der Waals surface area contributed by atoms with Crippen molar-refractivity contribution in [3.63, 3.8) is 0 Å². The van der Waals surface area contributed by atoms with Crippen LogP contribution in [0.2, 0.25) is 0 Å². The number of aromatic nitrogens is 2. The molecule has 0 radical (unpaired) electrons. The molecule has 3 aromatic rings. The summed E-state index contributed by atoms with van der Waals surface area (Å²) in [4.78, 5) is 23.5. The Morgan fingerprint density at radius 1 is 1.34 bits per heavy atom. The van der Waals surface area contributed by atoms with Crippen molar-refractivity contribution in [2.75, 3.05) is 11.1 Å². The summed E-state index contributed by atoms with van der Waals surface area (Å²) in [5, 5.41) is 4.68. The number of nitrogens with one attached hydrogen (secondary N) is 1. The van der Waals surface area contributed by atoms with Crippen molar-refractivity contribution in [3.05, 3.63) is 41.0 Å². The number of carbonyl (C=O) groups is 1. The van der Waals surface area contributed by atoms with Gasteiger partial charge < -0.3 is 10.1 Å². The first-order chi connectivity index (χ1) is 14.0. The number of halogens is 2. The lowest BCUT2D eigenvalue weighted by Gasteiger charge is -2.18. The lowest BCUT2D eigenvalue weighted by Crippen LogP contribution is -2.14. The van der Waals surface area contributed by atoms with E-state index >= 15 is 0 Å². The highest BCUT2D eigenvalue weighted by Gasteiger charge is 2.23.